The fourth-order valence-corrected chi connectivity index (χ4v) is 8.26. The lowest BCUT2D eigenvalue weighted by atomic mass is 10.0. The standard InChI is InChI=1S/C23H30N10O9P2S2/c1-9-13(36-2)10(40-20(9)33-8-29-12-18(33)30-22(25)31-19(12)34)3-39-44(35,46)42-15-14-21(41-23(15,4-37-14)5-38-43-45)32-7-28-11-16(24)26-6-27-17(11)32/h6-10,13-15,20-21,43,45H,3-5H2,1-2H3,(H,35,46)(H2,24,26,27)(H3,25,30,31,34)/t9-,10-,13+,14-,15+,20-,21-,23-,44+/m1/s1. The van der Waals surface area contributed by atoms with Gasteiger partial charge in [-0.05, 0) is 0 Å². The van der Waals surface area contributed by atoms with Crippen molar-refractivity contribution in [3.05, 3.63) is 29.3 Å². The molecule has 23 heteroatoms. The van der Waals surface area contributed by atoms with Crippen LogP contribution in [0.3, 0.4) is 0 Å². The molecule has 2 bridgehead atoms. The zero-order valence-corrected chi connectivity index (χ0v) is 27.9. The van der Waals surface area contributed by atoms with Gasteiger partial charge in [0.25, 0.3) is 5.56 Å². The van der Waals surface area contributed by atoms with Crippen LogP contribution in [0.4, 0.5) is 11.8 Å². The summed E-state index contributed by atoms with van der Waals surface area (Å²) in [6, 6.07) is 0. The van der Waals surface area contributed by atoms with Gasteiger partial charge in [-0.1, -0.05) is 19.2 Å². The molecule has 4 aromatic heterocycles. The van der Waals surface area contributed by atoms with E-state index in [-0.39, 0.29) is 56.7 Å². The van der Waals surface area contributed by atoms with Crippen LogP contribution < -0.4 is 17.0 Å². The number of imidazole rings is 2. The number of H-pyrrole nitrogens is 1. The van der Waals surface area contributed by atoms with E-state index in [2.05, 4.69) is 54.4 Å². The van der Waals surface area contributed by atoms with Gasteiger partial charge >= 0.3 is 6.80 Å². The number of anilines is 2. The highest BCUT2D eigenvalue weighted by Gasteiger charge is 2.65. The number of ether oxygens (including phenoxy) is 4. The molecule has 4 aromatic rings. The van der Waals surface area contributed by atoms with E-state index in [1.54, 1.807) is 9.13 Å². The first-order valence-electron chi connectivity index (χ1n) is 13.9. The number of nitrogens with one attached hydrogen (secondary N) is 1. The van der Waals surface area contributed by atoms with E-state index in [0.717, 1.165) is 0 Å². The van der Waals surface area contributed by atoms with Crippen LogP contribution in [-0.4, -0.2) is 96.0 Å². The fraction of sp³-hybridized carbons (Fsp3) is 0.565. The van der Waals surface area contributed by atoms with Crippen LogP contribution in [0.2, 0.25) is 0 Å². The van der Waals surface area contributed by atoms with Crippen LogP contribution >= 0.6 is 39.3 Å². The highest BCUT2D eigenvalue weighted by molar-refractivity contribution is 8.44. The molecule has 3 fully saturated rings. The van der Waals surface area contributed by atoms with Gasteiger partial charge in [0.1, 0.15) is 42.0 Å². The highest BCUT2D eigenvalue weighted by Crippen LogP contribution is 2.60. The number of nitrogen functional groups attached to an aromatic ring is 2. The second kappa shape index (κ2) is 12.2. The molecule has 1 unspecified atom stereocenters. The number of nitrogens with two attached hydrogens (primary N) is 2. The Morgan fingerprint density at radius 3 is 2.70 bits per heavy atom. The minimum atomic E-state index is -4.09. The molecule has 19 nitrogen and oxygen atoms in total. The maximum atomic E-state index is 13.8. The van der Waals surface area contributed by atoms with E-state index >= 15 is 0 Å². The van der Waals surface area contributed by atoms with Crippen molar-refractivity contribution < 1.29 is 37.1 Å². The number of hydrogen-bond donors (Lipinski definition) is 5. The van der Waals surface area contributed by atoms with E-state index in [1.807, 2.05) is 6.92 Å². The maximum Gasteiger partial charge on any atom is 0.386 e. The molecule has 7 heterocycles. The summed E-state index contributed by atoms with van der Waals surface area (Å²) in [6.07, 6.45) is -0.0728. The molecule has 3 aliphatic rings. The molecule has 10 atom stereocenters. The van der Waals surface area contributed by atoms with Crippen molar-refractivity contribution >= 4 is 73.4 Å². The maximum absolute atomic E-state index is 13.8. The number of aromatic nitrogens is 8. The quantitative estimate of drug-likeness (QED) is 0.108. The Labute approximate surface area is 272 Å². The predicted octanol–water partition coefficient (Wildman–Crippen LogP) is 1.23. The summed E-state index contributed by atoms with van der Waals surface area (Å²) in [7, 11) is 1.38. The highest BCUT2D eigenvalue weighted by atomic mass is 32.7. The van der Waals surface area contributed by atoms with Crippen molar-refractivity contribution in [3.8, 4) is 0 Å². The number of hydrogen-bond acceptors (Lipinski definition) is 17. The van der Waals surface area contributed by atoms with Crippen molar-refractivity contribution in [2.75, 3.05) is 38.4 Å². The predicted molar refractivity (Wildman–Crippen MR) is 169 cm³/mol. The molecule has 0 amide bonds. The SMILES string of the molecule is CO[C@H]1[C@@H](C)[C@H](n2cnc3c(=O)[nH]c(N)nc32)O[C@@H]1CO[P@](=O)(S)O[C@H]1[C@H]2OC[C@]1(COPS)O[C@H]2n1cnc2c(N)ncnc21. The molecule has 0 saturated carbocycles. The van der Waals surface area contributed by atoms with Gasteiger partial charge in [-0.2, -0.15) is 4.98 Å². The monoisotopic (exact) mass is 716 g/mol. The number of methoxy groups -OCH3 is 1. The first-order valence-corrected chi connectivity index (χ1v) is 18.7. The topological polar surface area (TPSA) is 241 Å². The summed E-state index contributed by atoms with van der Waals surface area (Å²) in [6.45, 7) is -2.29. The molecular weight excluding hydrogens is 686 g/mol. The summed E-state index contributed by atoms with van der Waals surface area (Å²) < 4.78 is 59.0. The van der Waals surface area contributed by atoms with Gasteiger partial charge in [0.2, 0.25) is 5.95 Å². The Morgan fingerprint density at radius 2 is 1.93 bits per heavy atom. The smallest absolute Gasteiger partial charge is 0.382 e. The van der Waals surface area contributed by atoms with E-state index in [4.69, 9.17) is 44.0 Å². The van der Waals surface area contributed by atoms with Gasteiger partial charge in [0, 0.05) is 13.0 Å². The molecule has 0 radical (unpaired) electrons. The van der Waals surface area contributed by atoms with Gasteiger partial charge in [-0.25, -0.2) is 24.5 Å². The number of fused-ring (bicyclic) bond motifs is 4. The van der Waals surface area contributed by atoms with Gasteiger partial charge in [-0.15, -0.1) is 12.2 Å². The number of aromatic amines is 1. The molecule has 3 aliphatic heterocycles. The molecule has 0 spiro atoms. The lowest BCUT2D eigenvalue weighted by Gasteiger charge is -2.31. The summed E-state index contributed by atoms with van der Waals surface area (Å²) in [5.74, 6) is -0.121. The van der Waals surface area contributed by atoms with Crippen molar-refractivity contribution in [2.24, 2.45) is 5.92 Å². The van der Waals surface area contributed by atoms with Crippen LogP contribution in [0.5, 0.6) is 0 Å². The zero-order valence-electron chi connectivity index (χ0n) is 24.2. The van der Waals surface area contributed by atoms with Crippen molar-refractivity contribution in [1.29, 1.82) is 0 Å². The normalized spacial score (nSPS) is 32.4. The Bertz CT molecular complexity index is 1880. The average Bonchev–Trinajstić information content (AvgIpc) is 3.83. The van der Waals surface area contributed by atoms with Gasteiger partial charge in [0.05, 0.1) is 46.6 Å². The largest absolute Gasteiger partial charge is 0.386 e. The summed E-state index contributed by atoms with van der Waals surface area (Å²) in [5, 5.41) is 0. The van der Waals surface area contributed by atoms with E-state index in [0.29, 0.717) is 11.2 Å². The van der Waals surface area contributed by atoms with Gasteiger partial charge in [0.15, 0.2) is 28.9 Å². The third kappa shape index (κ3) is 5.40. The molecule has 46 heavy (non-hydrogen) atoms. The van der Waals surface area contributed by atoms with Crippen molar-refractivity contribution in [1.82, 2.24) is 39.0 Å². The lowest BCUT2D eigenvalue weighted by molar-refractivity contribution is -0.181. The Kier molecular flexibility index (Phi) is 8.55. The first kappa shape index (κ1) is 32.1. The summed E-state index contributed by atoms with van der Waals surface area (Å²) in [4.78, 5) is 35.7. The Hall–Kier alpha value is -2.42. The minimum Gasteiger partial charge on any atom is -0.382 e. The second-order valence-electron chi connectivity index (χ2n) is 11.0. The zero-order chi connectivity index (χ0) is 32.4. The van der Waals surface area contributed by atoms with Crippen LogP contribution in [0.15, 0.2) is 23.8 Å². The molecule has 0 aromatic carbocycles. The molecule has 248 valence electrons. The molecule has 7 rings (SSSR count). The van der Waals surface area contributed by atoms with Crippen molar-refractivity contribution in [2.45, 2.75) is 49.4 Å². The Morgan fingerprint density at radius 1 is 1.17 bits per heavy atom. The lowest BCUT2D eigenvalue weighted by Crippen LogP contribution is -2.45. The van der Waals surface area contributed by atoms with E-state index in [9.17, 15) is 9.36 Å². The molecule has 3 saturated heterocycles. The van der Waals surface area contributed by atoms with Crippen LogP contribution in [0.1, 0.15) is 19.4 Å². The van der Waals surface area contributed by atoms with Crippen LogP contribution in [0, 0.1) is 5.92 Å². The fourth-order valence-electron chi connectivity index (χ4n) is 6.26. The van der Waals surface area contributed by atoms with Crippen LogP contribution in [-0.2, 0) is 37.1 Å². The third-order valence-electron chi connectivity index (χ3n) is 8.31. The summed E-state index contributed by atoms with van der Waals surface area (Å²) in [5.41, 5.74) is 11.3. The average molecular weight is 717 g/mol. The number of rotatable bonds is 11. The van der Waals surface area contributed by atoms with E-state index in [1.165, 1.54) is 26.1 Å². The number of nitrogens with zero attached hydrogens (tertiary/aromatic N) is 7. The third-order valence-corrected chi connectivity index (χ3v) is 10.6. The van der Waals surface area contributed by atoms with Crippen molar-refractivity contribution in [3.63, 3.8) is 0 Å². The van der Waals surface area contributed by atoms with Gasteiger partial charge < -0.3 is 34.9 Å². The second-order valence-corrected chi connectivity index (χ2v) is 14.9. The minimum absolute atomic E-state index is 0.0288. The first-order chi connectivity index (χ1) is 22.1. The van der Waals surface area contributed by atoms with Crippen LogP contribution in [0.25, 0.3) is 22.3 Å². The summed E-state index contributed by atoms with van der Waals surface area (Å²) >= 11 is 8.48. The molecule has 0 aliphatic carbocycles. The van der Waals surface area contributed by atoms with Gasteiger partial charge in [-0.3, -0.25) is 28.0 Å². The Balaban J connectivity index is 1.09. The number of thiol groups is 2. The molecule has 5 N–H and O–H groups in total. The molecular formula is C23H30N10O9P2S2. The van der Waals surface area contributed by atoms with E-state index < -0.39 is 54.8 Å².